The Morgan fingerprint density at radius 3 is 2.23 bits per heavy atom. The third-order valence-corrected chi connectivity index (χ3v) is 4.75. The second-order valence-corrected chi connectivity index (χ2v) is 6.48. The predicted octanol–water partition coefficient (Wildman–Crippen LogP) is 2.48. The number of nitrogens with zero attached hydrogens (tertiary/aromatic N) is 1. The van der Waals surface area contributed by atoms with Crippen molar-refractivity contribution in [3.63, 3.8) is 0 Å². The highest BCUT2D eigenvalue weighted by Gasteiger charge is 2.43. The number of nitrogens with one attached hydrogen (secondary N) is 1. The summed E-state index contributed by atoms with van der Waals surface area (Å²) >= 11 is 0. The lowest BCUT2D eigenvalue weighted by Crippen LogP contribution is -2.53. The van der Waals surface area contributed by atoms with Gasteiger partial charge in [-0.3, -0.25) is 9.59 Å². The van der Waals surface area contributed by atoms with Gasteiger partial charge in [0, 0.05) is 19.1 Å². The summed E-state index contributed by atoms with van der Waals surface area (Å²) in [5.74, 6) is -1.98. The minimum absolute atomic E-state index is 0.0981. The summed E-state index contributed by atoms with van der Waals surface area (Å²) in [5, 5.41) is 2.03. The van der Waals surface area contributed by atoms with Crippen molar-refractivity contribution in [3.05, 3.63) is 0 Å². The minimum Gasteiger partial charge on any atom is -0.345 e. The number of piperidine rings is 1. The van der Waals surface area contributed by atoms with E-state index < -0.39 is 24.0 Å². The largest absolute Gasteiger partial charge is 0.471 e. The maximum absolute atomic E-state index is 12.6. The number of likely N-dealkylation sites (tertiary alicyclic amines) is 1. The molecule has 1 aliphatic carbocycles. The van der Waals surface area contributed by atoms with Crippen molar-refractivity contribution >= 4 is 11.8 Å². The van der Waals surface area contributed by atoms with E-state index in [-0.39, 0.29) is 5.91 Å². The number of hydrogen-bond acceptors (Lipinski definition) is 2. The molecular weight excluding hydrogens is 297 g/mol. The van der Waals surface area contributed by atoms with E-state index in [2.05, 4.69) is 6.92 Å². The molecule has 1 heterocycles. The van der Waals surface area contributed by atoms with E-state index in [9.17, 15) is 22.8 Å². The van der Waals surface area contributed by atoms with Crippen molar-refractivity contribution in [2.45, 2.75) is 57.7 Å². The molecule has 1 aliphatic heterocycles. The van der Waals surface area contributed by atoms with Crippen molar-refractivity contribution in [2.24, 2.45) is 11.8 Å². The van der Waals surface area contributed by atoms with Gasteiger partial charge in [-0.1, -0.05) is 19.8 Å². The second kappa shape index (κ2) is 6.87. The van der Waals surface area contributed by atoms with Gasteiger partial charge in [0.2, 0.25) is 5.91 Å². The number of rotatable bonds is 2. The molecule has 0 aromatic heterocycles. The highest BCUT2D eigenvalue weighted by Crippen LogP contribution is 2.29. The van der Waals surface area contributed by atoms with Crippen LogP contribution in [0.1, 0.15) is 45.4 Å². The number of carbonyl (C=O) groups excluding carboxylic acids is 2. The molecule has 0 unspecified atom stereocenters. The number of amides is 2. The highest BCUT2D eigenvalue weighted by molar-refractivity contribution is 5.84. The molecule has 2 fully saturated rings. The fraction of sp³-hybridized carbons (Fsp3) is 0.867. The van der Waals surface area contributed by atoms with E-state index in [1.165, 1.54) is 0 Å². The van der Waals surface area contributed by atoms with Crippen LogP contribution < -0.4 is 5.32 Å². The topological polar surface area (TPSA) is 49.4 Å². The quantitative estimate of drug-likeness (QED) is 0.850. The fourth-order valence-electron chi connectivity index (χ4n) is 3.31. The third kappa shape index (κ3) is 4.14. The van der Waals surface area contributed by atoms with Crippen molar-refractivity contribution in [1.29, 1.82) is 0 Å². The van der Waals surface area contributed by atoms with Gasteiger partial charge in [-0.2, -0.15) is 13.2 Å². The lowest BCUT2D eigenvalue weighted by molar-refractivity contribution is -0.175. The van der Waals surface area contributed by atoms with Gasteiger partial charge in [0.05, 0.1) is 5.92 Å². The standard InChI is InChI=1S/C15H23F3N2O2/c1-10-6-8-20(9-7-10)13(21)11-4-2-3-5-12(11)19-14(22)15(16,17)18/h10-12H,2-9H2,1H3,(H,19,22)/t11-,12+/m1/s1. The highest BCUT2D eigenvalue weighted by atomic mass is 19.4. The SMILES string of the molecule is CC1CCN(C(=O)[C@@H]2CCCC[C@@H]2NC(=O)C(F)(F)F)CC1. The van der Waals surface area contributed by atoms with Gasteiger partial charge in [0.15, 0.2) is 0 Å². The van der Waals surface area contributed by atoms with E-state index in [0.717, 1.165) is 25.7 Å². The molecule has 1 saturated heterocycles. The molecular formula is C15H23F3N2O2. The van der Waals surface area contributed by atoms with Crippen LogP contribution in [0.25, 0.3) is 0 Å². The van der Waals surface area contributed by atoms with Crippen molar-refractivity contribution in [1.82, 2.24) is 10.2 Å². The molecule has 1 saturated carbocycles. The van der Waals surface area contributed by atoms with E-state index >= 15 is 0 Å². The summed E-state index contributed by atoms with van der Waals surface area (Å²) in [7, 11) is 0. The van der Waals surface area contributed by atoms with E-state index in [4.69, 9.17) is 0 Å². The molecule has 0 aromatic rings. The Morgan fingerprint density at radius 1 is 1.05 bits per heavy atom. The van der Waals surface area contributed by atoms with Gasteiger partial charge in [-0.25, -0.2) is 0 Å². The Labute approximate surface area is 128 Å². The van der Waals surface area contributed by atoms with Crippen LogP contribution in [0.5, 0.6) is 0 Å². The summed E-state index contributed by atoms with van der Waals surface area (Å²) in [6.07, 6.45) is -0.500. The molecule has 1 N–H and O–H groups in total. The van der Waals surface area contributed by atoms with Crippen LogP contribution in [0, 0.1) is 11.8 Å². The molecule has 2 amide bonds. The average molecular weight is 320 g/mol. The molecule has 126 valence electrons. The second-order valence-electron chi connectivity index (χ2n) is 6.48. The fourth-order valence-corrected chi connectivity index (χ4v) is 3.31. The normalized spacial score (nSPS) is 27.5. The smallest absolute Gasteiger partial charge is 0.345 e. The molecule has 0 radical (unpaired) electrons. The molecule has 0 spiro atoms. The lowest BCUT2D eigenvalue weighted by Gasteiger charge is -2.37. The van der Waals surface area contributed by atoms with Crippen LogP contribution in [-0.2, 0) is 9.59 Å². The number of alkyl halides is 3. The van der Waals surface area contributed by atoms with Crippen LogP contribution in [0.3, 0.4) is 0 Å². The maximum Gasteiger partial charge on any atom is 0.471 e. The van der Waals surface area contributed by atoms with Crippen molar-refractivity contribution in [2.75, 3.05) is 13.1 Å². The Bertz CT molecular complexity index is 418. The molecule has 2 atom stereocenters. The van der Waals surface area contributed by atoms with Crippen molar-refractivity contribution < 1.29 is 22.8 Å². The molecule has 2 aliphatic rings. The predicted molar refractivity (Wildman–Crippen MR) is 74.9 cm³/mol. The van der Waals surface area contributed by atoms with Crippen LogP contribution in [0.15, 0.2) is 0 Å². The van der Waals surface area contributed by atoms with Crippen LogP contribution in [0.4, 0.5) is 13.2 Å². The van der Waals surface area contributed by atoms with Crippen molar-refractivity contribution in [3.8, 4) is 0 Å². The van der Waals surface area contributed by atoms with Gasteiger partial charge in [0.1, 0.15) is 0 Å². The Hall–Kier alpha value is -1.27. The number of hydrogen-bond donors (Lipinski definition) is 1. The zero-order valence-corrected chi connectivity index (χ0v) is 12.8. The van der Waals surface area contributed by atoms with E-state index in [1.807, 2.05) is 5.32 Å². The molecule has 4 nitrogen and oxygen atoms in total. The van der Waals surface area contributed by atoms with Crippen LogP contribution >= 0.6 is 0 Å². The van der Waals surface area contributed by atoms with Gasteiger partial charge < -0.3 is 10.2 Å². The van der Waals surface area contributed by atoms with Gasteiger partial charge >= 0.3 is 12.1 Å². The zero-order valence-electron chi connectivity index (χ0n) is 12.8. The first-order chi connectivity index (χ1) is 10.3. The monoisotopic (exact) mass is 320 g/mol. The van der Waals surface area contributed by atoms with Gasteiger partial charge in [0.25, 0.3) is 0 Å². The van der Waals surface area contributed by atoms with E-state index in [0.29, 0.717) is 31.8 Å². The zero-order chi connectivity index (χ0) is 16.3. The van der Waals surface area contributed by atoms with E-state index in [1.54, 1.807) is 4.90 Å². The minimum atomic E-state index is -4.90. The first-order valence-electron chi connectivity index (χ1n) is 7.95. The van der Waals surface area contributed by atoms with Crippen LogP contribution in [0.2, 0.25) is 0 Å². The summed E-state index contributed by atoms with van der Waals surface area (Å²) < 4.78 is 37.3. The Kier molecular flexibility index (Phi) is 5.34. The lowest BCUT2D eigenvalue weighted by atomic mass is 9.83. The molecule has 0 aromatic carbocycles. The first-order valence-corrected chi connectivity index (χ1v) is 7.95. The summed E-state index contributed by atoms with van der Waals surface area (Å²) in [5.41, 5.74) is 0. The average Bonchev–Trinajstić information content (AvgIpc) is 2.47. The molecule has 0 bridgehead atoms. The Morgan fingerprint density at radius 2 is 1.64 bits per heavy atom. The molecule has 22 heavy (non-hydrogen) atoms. The molecule has 2 rings (SSSR count). The summed E-state index contributed by atoms with van der Waals surface area (Å²) in [6.45, 7) is 3.46. The summed E-state index contributed by atoms with van der Waals surface area (Å²) in [4.78, 5) is 25.5. The number of carbonyl (C=O) groups is 2. The van der Waals surface area contributed by atoms with Crippen LogP contribution in [-0.4, -0.2) is 42.0 Å². The summed E-state index contributed by atoms with van der Waals surface area (Å²) in [6, 6.07) is -0.699. The first kappa shape index (κ1) is 17.1. The van der Waals surface area contributed by atoms with Gasteiger partial charge in [-0.05, 0) is 31.6 Å². The maximum atomic E-state index is 12.6. The Balaban J connectivity index is 2.00. The third-order valence-electron chi connectivity index (χ3n) is 4.75. The van der Waals surface area contributed by atoms with Gasteiger partial charge in [-0.15, -0.1) is 0 Å². The molecule has 7 heteroatoms. The number of halogens is 3.